The van der Waals surface area contributed by atoms with E-state index in [2.05, 4.69) is 0 Å². The van der Waals surface area contributed by atoms with Crippen LogP contribution in [0.25, 0.3) is 11.1 Å². The van der Waals surface area contributed by atoms with Gasteiger partial charge in [0.05, 0.1) is 25.8 Å². The van der Waals surface area contributed by atoms with Gasteiger partial charge in [0.25, 0.3) is 5.91 Å². The molecule has 4 rings (SSSR count). The van der Waals surface area contributed by atoms with E-state index in [1.807, 2.05) is 30.0 Å². The van der Waals surface area contributed by atoms with Crippen molar-refractivity contribution in [1.82, 2.24) is 4.90 Å². The highest BCUT2D eigenvalue weighted by Crippen LogP contribution is 2.39. The smallest absolute Gasteiger partial charge is 0.336 e. The highest BCUT2D eigenvalue weighted by molar-refractivity contribution is 6.04. The summed E-state index contributed by atoms with van der Waals surface area (Å²) in [6.45, 7) is 2.55. The van der Waals surface area contributed by atoms with E-state index in [-0.39, 0.29) is 17.5 Å². The molecule has 0 saturated heterocycles. The third-order valence-electron chi connectivity index (χ3n) is 6.05. The molecule has 1 amide bonds. The summed E-state index contributed by atoms with van der Waals surface area (Å²) < 4.78 is 10.9. The van der Waals surface area contributed by atoms with Gasteiger partial charge in [0.15, 0.2) is 11.5 Å². The fourth-order valence-corrected chi connectivity index (χ4v) is 4.39. The van der Waals surface area contributed by atoms with Gasteiger partial charge in [-0.3, -0.25) is 4.79 Å². The number of benzene rings is 3. The average molecular weight is 431 g/mol. The number of hydrogen-bond donors (Lipinski definition) is 1. The summed E-state index contributed by atoms with van der Waals surface area (Å²) >= 11 is 0. The second kappa shape index (κ2) is 8.75. The summed E-state index contributed by atoms with van der Waals surface area (Å²) in [5, 5.41) is 9.63. The number of carbonyl (C=O) groups excluding carboxylic acids is 1. The Kier molecular flexibility index (Phi) is 5.86. The van der Waals surface area contributed by atoms with Crippen molar-refractivity contribution in [1.29, 1.82) is 0 Å². The molecule has 164 valence electrons. The minimum absolute atomic E-state index is 0.131. The Morgan fingerprint density at radius 1 is 0.906 bits per heavy atom. The number of fused-ring (bicyclic) bond motifs is 1. The number of aromatic carboxylic acids is 1. The predicted molar refractivity (Wildman–Crippen MR) is 122 cm³/mol. The molecule has 0 radical (unpaired) electrons. The molecule has 1 heterocycles. The lowest BCUT2D eigenvalue weighted by Gasteiger charge is -2.36. The van der Waals surface area contributed by atoms with E-state index in [4.69, 9.17) is 9.47 Å². The molecule has 1 unspecified atom stereocenters. The zero-order chi connectivity index (χ0) is 22.8. The minimum Gasteiger partial charge on any atom is -0.493 e. The number of amides is 1. The maximum atomic E-state index is 13.7. The molecular formula is C26H25NO5. The first-order valence-electron chi connectivity index (χ1n) is 10.4. The first kappa shape index (κ1) is 21.4. The Morgan fingerprint density at radius 2 is 1.47 bits per heavy atom. The lowest BCUT2D eigenvalue weighted by molar-refractivity contribution is 0.0672. The maximum absolute atomic E-state index is 13.7. The molecule has 0 aromatic heterocycles. The number of rotatable bonds is 5. The fraction of sp³-hybridized carbons (Fsp3) is 0.231. The zero-order valence-electron chi connectivity index (χ0n) is 18.3. The lowest BCUT2D eigenvalue weighted by Crippen LogP contribution is -2.39. The van der Waals surface area contributed by atoms with Gasteiger partial charge >= 0.3 is 5.97 Å². The maximum Gasteiger partial charge on any atom is 0.336 e. The largest absolute Gasteiger partial charge is 0.493 e. The third-order valence-corrected chi connectivity index (χ3v) is 6.05. The van der Waals surface area contributed by atoms with Gasteiger partial charge in [-0.05, 0) is 59.9 Å². The van der Waals surface area contributed by atoms with Gasteiger partial charge in [0.2, 0.25) is 0 Å². The van der Waals surface area contributed by atoms with Crippen LogP contribution in [0, 0.1) is 0 Å². The molecule has 6 nitrogen and oxygen atoms in total. The van der Waals surface area contributed by atoms with Crippen molar-refractivity contribution in [2.75, 3.05) is 20.8 Å². The molecular weight excluding hydrogens is 406 g/mol. The van der Waals surface area contributed by atoms with E-state index in [1.165, 1.54) is 0 Å². The van der Waals surface area contributed by atoms with Crippen molar-refractivity contribution in [2.45, 2.75) is 19.4 Å². The van der Waals surface area contributed by atoms with Crippen LogP contribution in [0.15, 0.2) is 60.7 Å². The highest BCUT2D eigenvalue weighted by atomic mass is 16.5. The average Bonchev–Trinajstić information content (AvgIpc) is 2.83. The third kappa shape index (κ3) is 3.68. The van der Waals surface area contributed by atoms with E-state index < -0.39 is 5.97 Å². The second-order valence-corrected chi connectivity index (χ2v) is 7.73. The monoisotopic (exact) mass is 431 g/mol. The number of hydrogen-bond acceptors (Lipinski definition) is 4. The first-order valence-corrected chi connectivity index (χ1v) is 10.4. The van der Waals surface area contributed by atoms with Crippen LogP contribution in [-0.4, -0.2) is 42.6 Å². The summed E-state index contributed by atoms with van der Waals surface area (Å²) in [5.41, 5.74) is 3.94. The van der Waals surface area contributed by atoms with Gasteiger partial charge in [-0.1, -0.05) is 36.4 Å². The molecule has 1 N–H and O–H groups in total. The van der Waals surface area contributed by atoms with Crippen LogP contribution in [0.4, 0.5) is 0 Å². The molecule has 6 heteroatoms. The van der Waals surface area contributed by atoms with Gasteiger partial charge in [-0.15, -0.1) is 0 Å². The van der Waals surface area contributed by atoms with Crippen LogP contribution in [0.3, 0.4) is 0 Å². The Labute approximate surface area is 187 Å². The van der Waals surface area contributed by atoms with Crippen LogP contribution >= 0.6 is 0 Å². The number of carboxylic acids is 1. The number of carbonyl (C=O) groups is 2. The number of methoxy groups -OCH3 is 2. The zero-order valence-corrected chi connectivity index (χ0v) is 18.3. The van der Waals surface area contributed by atoms with Gasteiger partial charge in [0.1, 0.15) is 0 Å². The molecule has 0 saturated carbocycles. The first-order chi connectivity index (χ1) is 15.5. The van der Waals surface area contributed by atoms with Crippen molar-refractivity contribution >= 4 is 11.9 Å². The fourth-order valence-electron chi connectivity index (χ4n) is 4.39. The number of carboxylic acid groups (broad SMARTS) is 1. The molecule has 1 aliphatic heterocycles. The van der Waals surface area contributed by atoms with Gasteiger partial charge in [-0.2, -0.15) is 0 Å². The van der Waals surface area contributed by atoms with Crippen molar-refractivity contribution in [3.8, 4) is 22.6 Å². The Bertz CT molecular complexity index is 1190. The summed E-state index contributed by atoms with van der Waals surface area (Å²) in [6.07, 6.45) is 0.694. The SMILES string of the molecule is COc1cc2c(cc1OC)C(C)N(C(=O)c1ccccc1-c1ccccc1C(=O)O)CC2. The van der Waals surface area contributed by atoms with Crippen LogP contribution in [0.5, 0.6) is 11.5 Å². The van der Waals surface area contributed by atoms with Gasteiger partial charge in [0, 0.05) is 12.1 Å². The minimum atomic E-state index is -1.02. The summed E-state index contributed by atoms with van der Waals surface area (Å²) in [5.74, 6) is 0.148. The van der Waals surface area contributed by atoms with Crippen LogP contribution in [0.1, 0.15) is 44.8 Å². The number of nitrogens with zero attached hydrogens (tertiary/aromatic N) is 1. The van der Waals surface area contributed by atoms with Crippen molar-refractivity contribution in [2.24, 2.45) is 0 Å². The van der Waals surface area contributed by atoms with Crippen LogP contribution in [-0.2, 0) is 6.42 Å². The van der Waals surface area contributed by atoms with E-state index in [0.717, 1.165) is 11.1 Å². The highest BCUT2D eigenvalue weighted by Gasteiger charge is 2.31. The standard InChI is InChI=1S/C26H25NO5/c1-16-22-15-24(32-3)23(31-2)14-17(22)12-13-27(16)25(28)20-10-6-4-8-18(20)19-9-5-7-11-21(19)26(29)30/h4-11,14-16H,12-13H2,1-3H3,(H,29,30). The van der Waals surface area contributed by atoms with E-state index in [9.17, 15) is 14.7 Å². The van der Waals surface area contributed by atoms with Crippen molar-refractivity contribution < 1.29 is 24.2 Å². The Balaban J connectivity index is 1.74. The van der Waals surface area contributed by atoms with Crippen LogP contribution in [0.2, 0.25) is 0 Å². The summed E-state index contributed by atoms with van der Waals surface area (Å²) in [6, 6.07) is 17.7. The lowest BCUT2D eigenvalue weighted by atomic mass is 9.90. The Hall–Kier alpha value is -3.80. The van der Waals surface area contributed by atoms with Crippen molar-refractivity contribution in [3.63, 3.8) is 0 Å². The molecule has 0 fully saturated rings. The summed E-state index contributed by atoms with van der Waals surface area (Å²) in [4.78, 5) is 27.3. The second-order valence-electron chi connectivity index (χ2n) is 7.73. The predicted octanol–water partition coefficient (Wildman–Crippen LogP) is 4.83. The Morgan fingerprint density at radius 3 is 2.09 bits per heavy atom. The molecule has 3 aromatic carbocycles. The molecule has 0 spiro atoms. The molecule has 1 aliphatic rings. The quantitative estimate of drug-likeness (QED) is 0.626. The van der Waals surface area contributed by atoms with E-state index in [0.29, 0.717) is 41.2 Å². The molecule has 32 heavy (non-hydrogen) atoms. The topological polar surface area (TPSA) is 76.1 Å². The summed E-state index contributed by atoms with van der Waals surface area (Å²) in [7, 11) is 3.20. The molecule has 0 aliphatic carbocycles. The van der Waals surface area contributed by atoms with Gasteiger partial charge < -0.3 is 19.5 Å². The van der Waals surface area contributed by atoms with E-state index >= 15 is 0 Å². The normalized spacial score (nSPS) is 15.1. The molecule has 1 atom stereocenters. The molecule has 3 aromatic rings. The molecule has 0 bridgehead atoms. The van der Waals surface area contributed by atoms with E-state index in [1.54, 1.807) is 56.7 Å². The van der Waals surface area contributed by atoms with Crippen molar-refractivity contribution in [3.05, 3.63) is 82.9 Å². The van der Waals surface area contributed by atoms with Crippen LogP contribution < -0.4 is 9.47 Å². The van der Waals surface area contributed by atoms with Gasteiger partial charge in [-0.25, -0.2) is 4.79 Å². The number of ether oxygens (including phenoxy) is 2.